The Kier molecular flexibility index (Phi) is 4.76. The van der Waals surface area contributed by atoms with E-state index in [1.165, 1.54) is 0 Å². The summed E-state index contributed by atoms with van der Waals surface area (Å²) in [6, 6.07) is -0.589. The molecule has 17 heavy (non-hydrogen) atoms. The highest BCUT2D eigenvalue weighted by Crippen LogP contribution is 2.18. The minimum Gasteiger partial charge on any atom is -0.396 e. The predicted molar refractivity (Wildman–Crippen MR) is 55.3 cm³/mol. The number of alkyl halides is 3. The van der Waals surface area contributed by atoms with Crippen LogP contribution in [0.15, 0.2) is 0 Å². The number of hydrogen-bond donors (Lipinski definition) is 2. The van der Waals surface area contributed by atoms with E-state index in [9.17, 15) is 18.0 Å². The van der Waals surface area contributed by atoms with Crippen molar-refractivity contribution in [2.75, 3.05) is 26.2 Å². The molecular formula is C10H17F3N2O2. The Morgan fingerprint density at radius 3 is 2.71 bits per heavy atom. The van der Waals surface area contributed by atoms with E-state index < -0.39 is 24.7 Å². The van der Waals surface area contributed by atoms with Crippen LogP contribution in [0.2, 0.25) is 0 Å². The smallest absolute Gasteiger partial charge is 0.396 e. The zero-order chi connectivity index (χ0) is 13.1. The second kappa shape index (κ2) is 5.68. The lowest BCUT2D eigenvalue weighted by molar-refractivity contribution is -0.141. The minimum atomic E-state index is -4.38. The molecule has 0 aromatic carbocycles. The Balaban J connectivity index is 2.37. The fourth-order valence-corrected chi connectivity index (χ4v) is 1.86. The molecule has 0 aliphatic carbocycles. The third kappa shape index (κ3) is 4.51. The van der Waals surface area contributed by atoms with Crippen molar-refractivity contribution in [2.45, 2.75) is 25.6 Å². The molecule has 2 atom stereocenters. The van der Waals surface area contributed by atoms with Crippen LogP contribution in [-0.2, 0) is 4.79 Å². The molecule has 1 rings (SSSR count). The van der Waals surface area contributed by atoms with E-state index in [2.05, 4.69) is 0 Å². The van der Waals surface area contributed by atoms with E-state index in [0.29, 0.717) is 13.1 Å². The van der Waals surface area contributed by atoms with Crippen molar-refractivity contribution >= 4 is 5.91 Å². The Morgan fingerprint density at radius 1 is 1.59 bits per heavy atom. The number of aliphatic hydroxyl groups is 1. The highest BCUT2D eigenvalue weighted by Gasteiger charge is 2.32. The molecule has 0 spiro atoms. The standard InChI is InChI=1S/C10H17F3N2O2/c1-7(9(17)14-6-10(11,12)13)15-3-2-8(4-15)5-16/h7-8,16H,2-6H2,1H3,(H,14,17)/t7-,8+/m0/s1. The van der Waals surface area contributed by atoms with Gasteiger partial charge in [-0.2, -0.15) is 13.2 Å². The molecule has 1 aliphatic rings. The SMILES string of the molecule is C[C@@H](C(=O)NCC(F)(F)F)N1CC[C@@H](CO)C1. The zero-order valence-corrected chi connectivity index (χ0v) is 9.63. The van der Waals surface area contributed by atoms with Gasteiger partial charge in [0.25, 0.3) is 0 Å². The first-order chi connectivity index (χ1) is 7.83. The van der Waals surface area contributed by atoms with Gasteiger partial charge in [-0.1, -0.05) is 0 Å². The predicted octanol–water partition coefficient (Wildman–Crippen LogP) is 0.368. The third-order valence-electron chi connectivity index (χ3n) is 2.97. The molecule has 7 heteroatoms. The quantitative estimate of drug-likeness (QED) is 0.762. The average Bonchev–Trinajstić information content (AvgIpc) is 2.72. The van der Waals surface area contributed by atoms with Gasteiger partial charge >= 0.3 is 6.18 Å². The first-order valence-corrected chi connectivity index (χ1v) is 5.53. The van der Waals surface area contributed by atoms with Crippen molar-refractivity contribution in [2.24, 2.45) is 5.92 Å². The molecule has 0 radical (unpaired) electrons. The molecule has 0 bridgehead atoms. The van der Waals surface area contributed by atoms with E-state index in [1.807, 2.05) is 5.32 Å². The molecule has 1 amide bonds. The molecule has 0 saturated carbocycles. The number of nitrogens with zero attached hydrogens (tertiary/aromatic N) is 1. The molecule has 0 unspecified atom stereocenters. The van der Waals surface area contributed by atoms with Gasteiger partial charge in [0.05, 0.1) is 6.04 Å². The second-order valence-corrected chi connectivity index (χ2v) is 4.34. The molecular weight excluding hydrogens is 237 g/mol. The van der Waals surface area contributed by atoms with Gasteiger partial charge in [0.15, 0.2) is 0 Å². The lowest BCUT2D eigenvalue weighted by Crippen LogP contribution is -2.46. The summed E-state index contributed by atoms with van der Waals surface area (Å²) in [5.74, 6) is -0.506. The molecule has 4 nitrogen and oxygen atoms in total. The van der Waals surface area contributed by atoms with Crippen LogP contribution in [0.5, 0.6) is 0 Å². The third-order valence-corrected chi connectivity index (χ3v) is 2.97. The van der Waals surface area contributed by atoms with Crippen molar-refractivity contribution in [1.29, 1.82) is 0 Å². The number of halogens is 3. The van der Waals surface area contributed by atoms with E-state index in [4.69, 9.17) is 5.11 Å². The molecule has 100 valence electrons. The van der Waals surface area contributed by atoms with Crippen LogP contribution >= 0.6 is 0 Å². The van der Waals surface area contributed by atoms with Crippen LogP contribution in [0.1, 0.15) is 13.3 Å². The van der Waals surface area contributed by atoms with E-state index in [1.54, 1.807) is 11.8 Å². The summed E-state index contributed by atoms with van der Waals surface area (Å²) in [5.41, 5.74) is 0. The van der Waals surface area contributed by atoms with E-state index in [-0.39, 0.29) is 12.5 Å². The fraction of sp³-hybridized carbons (Fsp3) is 0.900. The topological polar surface area (TPSA) is 52.6 Å². The number of rotatable bonds is 4. The number of carbonyl (C=O) groups excluding carboxylic acids is 1. The fourth-order valence-electron chi connectivity index (χ4n) is 1.86. The molecule has 1 aliphatic heterocycles. The largest absolute Gasteiger partial charge is 0.405 e. The summed E-state index contributed by atoms with van der Waals surface area (Å²) in [6.07, 6.45) is -3.61. The van der Waals surface area contributed by atoms with Crippen LogP contribution in [0, 0.1) is 5.92 Å². The van der Waals surface area contributed by atoms with Crippen molar-refractivity contribution in [1.82, 2.24) is 10.2 Å². The highest BCUT2D eigenvalue weighted by atomic mass is 19.4. The maximum absolute atomic E-state index is 11.9. The monoisotopic (exact) mass is 254 g/mol. The summed E-state index contributed by atoms with van der Waals surface area (Å²) in [7, 11) is 0. The lowest BCUT2D eigenvalue weighted by Gasteiger charge is -2.23. The van der Waals surface area contributed by atoms with E-state index in [0.717, 1.165) is 6.42 Å². The Labute approximate surface area is 97.8 Å². The van der Waals surface area contributed by atoms with Crippen molar-refractivity contribution < 1.29 is 23.1 Å². The van der Waals surface area contributed by atoms with Gasteiger partial charge < -0.3 is 10.4 Å². The second-order valence-electron chi connectivity index (χ2n) is 4.34. The summed E-state index contributed by atoms with van der Waals surface area (Å²) in [6.45, 7) is 1.51. The number of aliphatic hydroxyl groups excluding tert-OH is 1. The highest BCUT2D eigenvalue weighted by molar-refractivity contribution is 5.81. The van der Waals surface area contributed by atoms with Crippen LogP contribution in [-0.4, -0.2) is 54.4 Å². The van der Waals surface area contributed by atoms with Gasteiger partial charge in [-0.15, -0.1) is 0 Å². The molecule has 1 saturated heterocycles. The summed E-state index contributed by atoms with van der Waals surface area (Å²) >= 11 is 0. The lowest BCUT2D eigenvalue weighted by atomic mass is 10.1. The first kappa shape index (κ1) is 14.2. The van der Waals surface area contributed by atoms with Crippen LogP contribution in [0.3, 0.4) is 0 Å². The van der Waals surface area contributed by atoms with E-state index >= 15 is 0 Å². The van der Waals surface area contributed by atoms with Gasteiger partial charge in [-0.25, -0.2) is 0 Å². The summed E-state index contributed by atoms with van der Waals surface area (Å²) < 4.78 is 35.7. The maximum Gasteiger partial charge on any atom is 0.405 e. The minimum absolute atomic E-state index is 0.0490. The van der Waals surface area contributed by atoms with Gasteiger partial charge in [-0.05, 0) is 25.8 Å². The number of carbonyl (C=O) groups is 1. The molecule has 2 N–H and O–H groups in total. The number of nitrogens with one attached hydrogen (secondary N) is 1. The zero-order valence-electron chi connectivity index (χ0n) is 9.63. The summed E-state index contributed by atoms with van der Waals surface area (Å²) in [5, 5.41) is 10.8. The molecule has 0 aromatic rings. The Bertz CT molecular complexity index is 271. The molecule has 1 fully saturated rings. The normalized spacial score (nSPS) is 23.7. The molecule has 0 aromatic heterocycles. The number of likely N-dealkylation sites (tertiary alicyclic amines) is 1. The van der Waals surface area contributed by atoms with Crippen LogP contribution in [0.25, 0.3) is 0 Å². The van der Waals surface area contributed by atoms with Gasteiger partial charge in [-0.3, -0.25) is 9.69 Å². The maximum atomic E-state index is 11.9. The number of hydrogen-bond acceptors (Lipinski definition) is 3. The van der Waals surface area contributed by atoms with Gasteiger partial charge in [0.2, 0.25) is 5.91 Å². The van der Waals surface area contributed by atoms with Gasteiger partial charge in [0.1, 0.15) is 6.54 Å². The summed E-state index contributed by atoms with van der Waals surface area (Å²) in [4.78, 5) is 13.2. The molecule has 1 heterocycles. The Morgan fingerprint density at radius 2 is 2.24 bits per heavy atom. The Hall–Kier alpha value is -0.820. The number of amides is 1. The van der Waals surface area contributed by atoms with Gasteiger partial charge in [0, 0.05) is 13.2 Å². The first-order valence-electron chi connectivity index (χ1n) is 5.53. The average molecular weight is 254 g/mol. The van der Waals surface area contributed by atoms with Crippen molar-refractivity contribution in [3.8, 4) is 0 Å². The van der Waals surface area contributed by atoms with Crippen molar-refractivity contribution in [3.05, 3.63) is 0 Å². The van der Waals surface area contributed by atoms with Crippen molar-refractivity contribution in [3.63, 3.8) is 0 Å². The van der Waals surface area contributed by atoms with Crippen LogP contribution in [0.4, 0.5) is 13.2 Å². The van der Waals surface area contributed by atoms with Crippen LogP contribution < -0.4 is 5.32 Å².